The first-order valence-corrected chi connectivity index (χ1v) is 10.0. The summed E-state index contributed by atoms with van der Waals surface area (Å²) in [6.07, 6.45) is -9.35. The summed E-state index contributed by atoms with van der Waals surface area (Å²) in [6.45, 7) is -0.653. The Morgan fingerprint density at radius 3 is 2.16 bits per heavy atom. The zero-order valence-corrected chi connectivity index (χ0v) is 17.7. The maximum atomic E-state index is 12.3. The average molecular weight is 463 g/mol. The van der Waals surface area contributed by atoms with E-state index < -0.39 is 73.3 Å². The number of ether oxygens (including phenoxy) is 5. The van der Waals surface area contributed by atoms with Crippen LogP contribution in [0.2, 0.25) is 0 Å². The van der Waals surface area contributed by atoms with Crippen molar-refractivity contribution in [3.8, 4) is 0 Å². The largest absolute Gasteiger partial charge is 0.469 e. The molecule has 1 saturated carbocycles. The summed E-state index contributed by atoms with van der Waals surface area (Å²) in [5.74, 6) is -3.16. The van der Waals surface area contributed by atoms with E-state index in [4.69, 9.17) is 29.2 Å². The highest BCUT2D eigenvalue weighted by atomic mass is 16.7. The van der Waals surface area contributed by atoms with Gasteiger partial charge in [0, 0.05) is 11.5 Å². The van der Waals surface area contributed by atoms with Crippen molar-refractivity contribution >= 4 is 11.9 Å². The Kier molecular flexibility index (Phi) is 10.1. The molecule has 0 spiro atoms. The van der Waals surface area contributed by atoms with Gasteiger partial charge in [0.2, 0.25) is 0 Å². The quantitative estimate of drug-likeness (QED) is 0.0989. The Morgan fingerprint density at radius 2 is 1.62 bits per heavy atom. The highest BCUT2D eigenvalue weighted by molar-refractivity contribution is 5.82. The smallest absolute Gasteiger partial charge is 0.309 e. The number of rotatable bonds is 9. The minimum absolute atomic E-state index is 0.00306. The highest BCUT2D eigenvalue weighted by Crippen LogP contribution is 2.37. The van der Waals surface area contributed by atoms with E-state index in [9.17, 15) is 30.0 Å². The highest BCUT2D eigenvalue weighted by Gasteiger charge is 2.50. The minimum atomic E-state index is -1.66. The van der Waals surface area contributed by atoms with Crippen LogP contribution < -0.4 is 0 Å². The van der Waals surface area contributed by atoms with Gasteiger partial charge in [-0.25, -0.2) is 0 Å². The Bertz CT molecular complexity index is 687. The molecule has 0 aromatic heterocycles. The molecule has 4 N–H and O–H groups in total. The van der Waals surface area contributed by atoms with Crippen molar-refractivity contribution in [2.75, 3.05) is 34.0 Å². The molecule has 1 heterocycles. The second kappa shape index (κ2) is 12.3. The van der Waals surface area contributed by atoms with Gasteiger partial charge in [0.25, 0.3) is 0 Å². The first-order chi connectivity index (χ1) is 15.3. The van der Waals surface area contributed by atoms with Crippen molar-refractivity contribution in [2.24, 2.45) is 17.0 Å². The molecular weight excluding hydrogens is 434 g/mol. The fourth-order valence-electron chi connectivity index (χ4n) is 3.92. The van der Waals surface area contributed by atoms with Crippen LogP contribution in [0.25, 0.3) is 10.4 Å². The fraction of sp³-hybridized carbons (Fsp3) is 0.889. The molecule has 1 unspecified atom stereocenters. The third kappa shape index (κ3) is 6.05. The summed E-state index contributed by atoms with van der Waals surface area (Å²) in [7, 11) is 2.36. The van der Waals surface area contributed by atoms with Crippen molar-refractivity contribution < 1.29 is 53.7 Å². The molecule has 2 aliphatic rings. The van der Waals surface area contributed by atoms with Crippen molar-refractivity contribution in [1.29, 1.82) is 0 Å². The van der Waals surface area contributed by atoms with Crippen LogP contribution in [0.3, 0.4) is 0 Å². The lowest BCUT2D eigenvalue weighted by molar-refractivity contribution is -0.322. The molecule has 0 amide bonds. The van der Waals surface area contributed by atoms with Gasteiger partial charge < -0.3 is 44.1 Å². The molecule has 0 aromatic rings. The SMILES string of the molecule is COC(=O)[C@@H]1CC(O[C@H]2O[C@H](CO)[C@@H](O)[C@H](O)[C@@H]2O)[C@H](OCCN=[N+]=[N-])C[C@H]1C(=O)OC. The van der Waals surface area contributed by atoms with Crippen LogP contribution in [0.15, 0.2) is 5.11 Å². The van der Waals surface area contributed by atoms with Gasteiger partial charge in [0.05, 0.1) is 51.5 Å². The van der Waals surface area contributed by atoms with Crippen LogP contribution in [0.4, 0.5) is 0 Å². The number of carbonyl (C=O) groups excluding carboxylic acids is 2. The predicted octanol–water partition coefficient (Wildman–Crippen LogP) is -1.76. The first-order valence-electron chi connectivity index (χ1n) is 10.0. The molecule has 0 aromatic carbocycles. The van der Waals surface area contributed by atoms with Gasteiger partial charge in [-0.05, 0) is 18.4 Å². The molecule has 1 aliphatic heterocycles. The van der Waals surface area contributed by atoms with E-state index in [2.05, 4.69) is 10.0 Å². The lowest BCUT2D eigenvalue weighted by Crippen LogP contribution is -2.60. The molecular formula is C18H29N3O11. The molecule has 14 nitrogen and oxygen atoms in total. The zero-order chi connectivity index (χ0) is 23.8. The van der Waals surface area contributed by atoms with Crippen LogP contribution in [0.1, 0.15) is 12.8 Å². The van der Waals surface area contributed by atoms with Crippen LogP contribution in [-0.4, -0.2) is 109 Å². The number of carbonyl (C=O) groups is 2. The van der Waals surface area contributed by atoms with Crippen molar-refractivity contribution in [2.45, 2.75) is 55.8 Å². The van der Waals surface area contributed by atoms with Gasteiger partial charge >= 0.3 is 11.9 Å². The molecule has 1 aliphatic carbocycles. The van der Waals surface area contributed by atoms with Gasteiger partial charge in [0.1, 0.15) is 24.4 Å². The van der Waals surface area contributed by atoms with E-state index >= 15 is 0 Å². The van der Waals surface area contributed by atoms with Gasteiger partial charge in [-0.3, -0.25) is 9.59 Å². The predicted molar refractivity (Wildman–Crippen MR) is 103 cm³/mol. The normalized spacial score (nSPS) is 37.2. The van der Waals surface area contributed by atoms with Crippen molar-refractivity contribution in [3.63, 3.8) is 0 Å². The Morgan fingerprint density at radius 1 is 1.03 bits per heavy atom. The second-order valence-corrected chi connectivity index (χ2v) is 7.47. The third-order valence-corrected chi connectivity index (χ3v) is 5.62. The molecule has 32 heavy (non-hydrogen) atoms. The lowest BCUT2D eigenvalue weighted by Gasteiger charge is -2.44. The monoisotopic (exact) mass is 463 g/mol. The van der Waals surface area contributed by atoms with Crippen molar-refractivity contribution in [3.05, 3.63) is 10.4 Å². The van der Waals surface area contributed by atoms with Crippen LogP contribution >= 0.6 is 0 Å². The number of hydrogen-bond acceptors (Lipinski definition) is 12. The number of aliphatic hydroxyl groups is 4. The van der Waals surface area contributed by atoms with Gasteiger partial charge in [0.15, 0.2) is 6.29 Å². The maximum Gasteiger partial charge on any atom is 0.309 e. The van der Waals surface area contributed by atoms with Gasteiger partial charge in [-0.1, -0.05) is 5.11 Å². The molecule has 9 atom stereocenters. The summed E-state index contributed by atoms with van der Waals surface area (Å²) in [6, 6.07) is 0. The van der Waals surface area contributed by atoms with Crippen molar-refractivity contribution in [1.82, 2.24) is 0 Å². The summed E-state index contributed by atoms with van der Waals surface area (Å²) in [5, 5.41) is 43.0. The Labute approximate surface area is 183 Å². The summed E-state index contributed by atoms with van der Waals surface area (Å²) < 4.78 is 26.5. The molecule has 0 radical (unpaired) electrons. The third-order valence-electron chi connectivity index (χ3n) is 5.62. The van der Waals surface area contributed by atoms with Gasteiger partial charge in [-0.15, -0.1) is 0 Å². The summed E-state index contributed by atoms with van der Waals surface area (Å²) in [5.41, 5.74) is 8.42. The number of azide groups is 1. The van der Waals surface area contributed by atoms with E-state index in [0.29, 0.717) is 0 Å². The van der Waals surface area contributed by atoms with E-state index in [-0.39, 0.29) is 26.0 Å². The topological polar surface area (TPSA) is 210 Å². The number of methoxy groups -OCH3 is 2. The van der Waals surface area contributed by atoms with Crippen LogP contribution in [0.5, 0.6) is 0 Å². The fourth-order valence-corrected chi connectivity index (χ4v) is 3.92. The van der Waals surface area contributed by atoms with E-state index in [0.717, 1.165) is 0 Å². The van der Waals surface area contributed by atoms with E-state index in [1.807, 2.05) is 0 Å². The molecule has 0 bridgehead atoms. The summed E-state index contributed by atoms with van der Waals surface area (Å²) >= 11 is 0. The second-order valence-electron chi connectivity index (χ2n) is 7.47. The molecule has 14 heteroatoms. The standard InChI is InChI=1S/C18H29N3O11/c1-28-16(26)8-5-10(30-4-3-20-21-19)11(6-9(8)17(27)29-2)31-18-15(25)14(24)13(23)12(7-22)32-18/h8-15,18,22-25H,3-7H2,1-2H3/t8-,9-,10-,11?,12-,13-,14+,15+,18+/m1/s1. The minimum Gasteiger partial charge on any atom is -0.469 e. The average Bonchev–Trinajstić information content (AvgIpc) is 2.81. The number of aliphatic hydroxyl groups excluding tert-OH is 4. The molecule has 182 valence electrons. The first kappa shape index (κ1) is 26.2. The Balaban J connectivity index is 2.24. The zero-order valence-electron chi connectivity index (χ0n) is 17.7. The van der Waals surface area contributed by atoms with Crippen LogP contribution in [-0.2, 0) is 33.3 Å². The number of esters is 2. The lowest BCUT2D eigenvalue weighted by atomic mass is 9.76. The summed E-state index contributed by atoms with van der Waals surface area (Å²) in [4.78, 5) is 27.2. The maximum absolute atomic E-state index is 12.3. The number of nitrogens with zero attached hydrogens (tertiary/aromatic N) is 3. The number of hydrogen-bond donors (Lipinski definition) is 4. The van der Waals surface area contributed by atoms with Gasteiger partial charge in [-0.2, -0.15) is 0 Å². The van der Waals surface area contributed by atoms with E-state index in [1.54, 1.807) is 0 Å². The van der Waals surface area contributed by atoms with E-state index in [1.165, 1.54) is 14.2 Å². The molecule has 1 saturated heterocycles. The molecule has 2 rings (SSSR count). The Hall–Kier alpha value is -2.03. The molecule has 2 fully saturated rings. The van der Waals surface area contributed by atoms with Crippen LogP contribution in [0, 0.1) is 11.8 Å².